The highest BCUT2D eigenvalue weighted by Crippen LogP contribution is 2.27. The van der Waals surface area contributed by atoms with Gasteiger partial charge in [-0.1, -0.05) is 5.10 Å². The van der Waals surface area contributed by atoms with Gasteiger partial charge < -0.3 is 5.73 Å². The molecule has 1 aromatic heterocycles. The number of sulfonamides is 1. The number of tetrazole rings is 1. The van der Waals surface area contributed by atoms with Crippen LogP contribution in [-0.2, 0) is 17.1 Å². The third-order valence-electron chi connectivity index (χ3n) is 2.07. The zero-order chi connectivity index (χ0) is 14.2. The van der Waals surface area contributed by atoms with Gasteiger partial charge >= 0.3 is 0 Å². The number of halogens is 2. The summed E-state index contributed by atoms with van der Waals surface area (Å²) in [5.74, 6) is -0.916. The van der Waals surface area contributed by atoms with Crippen LogP contribution < -0.4 is 10.5 Å². The number of anilines is 2. The molecule has 0 bridgehead atoms. The average Bonchev–Trinajstić information content (AvgIpc) is 2.68. The molecule has 0 fully saturated rings. The monoisotopic (exact) mass is 350 g/mol. The lowest BCUT2D eigenvalue weighted by atomic mass is 10.3. The van der Waals surface area contributed by atoms with Crippen molar-refractivity contribution in [2.75, 3.05) is 10.5 Å². The molecule has 102 valence electrons. The lowest BCUT2D eigenvalue weighted by Crippen LogP contribution is -2.15. The third-order valence-corrected chi connectivity index (χ3v) is 4.36. The molecule has 0 radical (unpaired) electrons. The molecule has 11 heteroatoms. The second-order valence-electron chi connectivity index (χ2n) is 3.51. The first-order valence-corrected chi connectivity index (χ1v) is 7.08. The highest BCUT2D eigenvalue weighted by molar-refractivity contribution is 9.10. The molecule has 2 aromatic rings. The van der Waals surface area contributed by atoms with Gasteiger partial charge in [0.05, 0.1) is 12.7 Å². The molecular weight excluding hydrogens is 343 g/mol. The van der Waals surface area contributed by atoms with Crippen LogP contribution in [0.3, 0.4) is 0 Å². The van der Waals surface area contributed by atoms with E-state index in [1.807, 2.05) is 0 Å². The Morgan fingerprint density at radius 1 is 1.47 bits per heavy atom. The summed E-state index contributed by atoms with van der Waals surface area (Å²) < 4.78 is 39.4. The maximum atomic E-state index is 13.2. The number of nitrogen functional groups attached to an aromatic ring is 1. The van der Waals surface area contributed by atoms with Crippen LogP contribution in [0.25, 0.3) is 0 Å². The number of hydrogen-bond acceptors (Lipinski definition) is 6. The fraction of sp³-hybridized carbons (Fsp3) is 0.125. The Kier molecular flexibility index (Phi) is 3.41. The predicted molar refractivity (Wildman–Crippen MR) is 68.1 cm³/mol. The average molecular weight is 351 g/mol. The van der Waals surface area contributed by atoms with E-state index in [-0.39, 0.29) is 21.0 Å². The molecule has 0 spiro atoms. The van der Waals surface area contributed by atoms with Crippen molar-refractivity contribution in [2.45, 2.75) is 4.90 Å². The molecule has 1 aromatic carbocycles. The summed E-state index contributed by atoms with van der Waals surface area (Å²) in [6.07, 6.45) is 0. The minimum atomic E-state index is -3.99. The molecule has 8 nitrogen and oxygen atoms in total. The number of nitrogens with one attached hydrogen (secondary N) is 1. The first-order valence-electron chi connectivity index (χ1n) is 4.81. The smallest absolute Gasteiger partial charge is 0.277 e. The molecule has 0 aliphatic heterocycles. The van der Waals surface area contributed by atoms with Gasteiger partial charge in [0.2, 0.25) is 0 Å². The van der Waals surface area contributed by atoms with E-state index in [1.54, 1.807) is 0 Å². The van der Waals surface area contributed by atoms with Gasteiger partial charge in [0.15, 0.2) is 0 Å². The molecule has 0 aliphatic rings. The van der Waals surface area contributed by atoms with Crippen molar-refractivity contribution in [1.29, 1.82) is 0 Å². The number of nitrogens with zero attached hydrogens (tertiary/aromatic N) is 4. The Morgan fingerprint density at radius 3 is 2.74 bits per heavy atom. The summed E-state index contributed by atoms with van der Waals surface area (Å²) in [5, 5.41) is 10.6. The molecule has 0 saturated carbocycles. The van der Waals surface area contributed by atoms with Gasteiger partial charge in [-0.3, -0.25) is 0 Å². The molecule has 19 heavy (non-hydrogen) atoms. The highest BCUT2D eigenvalue weighted by atomic mass is 79.9. The molecule has 0 amide bonds. The Balaban J connectivity index is 2.42. The van der Waals surface area contributed by atoms with Gasteiger partial charge in [0, 0.05) is 4.47 Å². The summed E-state index contributed by atoms with van der Waals surface area (Å²) in [5.41, 5.74) is 5.07. The van der Waals surface area contributed by atoms with Gasteiger partial charge in [-0.25, -0.2) is 17.5 Å². The van der Waals surface area contributed by atoms with Gasteiger partial charge in [0.1, 0.15) is 10.7 Å². The van der Waals surface area contributed by atoms with Crippen LogP contribution in [0.1, 0.15) is 0 Å². The van der Waals surface area contributed by atoms with Crippen LogP contribution in [0.4, 0.5) is 16.0 Å². The Bertz CT molecular complexity index is 731. The molecule has 0 saturated heterocycles. The van der Waals surface area contributed by atoms with Crippen molar-refractivity contribution in [3.63, 3.8) is 0 Å². The summed E-state index contributed by atoms with van der Waals surface area (Å²) in [7, 11) is -2.51. The molecule has 2 rings (SSSR count). The van der Waals surface area contributed by atoms with Gasteiger partial charge in [-0.05, 0) is 33.3 Å². The van der Waals surface area contributed by atoms with E-state index in [4.69, 9.17) is 5.73 Å². The number of hydrogen-bond donors (Lipinski definition) is 2. The number of rotatable bonds is 3. The minimum Gasteiger partial charge on any atom is -0.396 e. The Hall–Kier alpha value is -1.75. The summed E-state index contributed by atoms with van der Waals surface area (Å²) in [6, 6.07) is 1.96. The number of aryl methyl sites for hydroxylation is 1. The van der Waals surface area contributed by atoms with Crippen molar-refractivity contribution >= 4 is 37.6 Å². The van der Waals surface area contributed by atoms with Gasteiger partial charge in [0.25, 0.3) is 16.0 Å². The molecule has 3 N–H and O–H groups in total. The quantitative estimate of drug-likeness (QED) is 0.778. The zero-order valence-corrected chi connectivity index (χ0v) is 11.9. The molecule has 0 atom stereocenters. The van der Waals surface area contributed by atoms with Crippen molar-refractivity contribution < 1.29 is 12.8 Å². The molecule has 0 aliphatic carbocycles. The number of aromatic nitrogens is 4. The lowest BCUT2D eigenvalue weighted by Gasteiger charge is -2.08. The standard InChI is InChI=1S/C8H8BrFN6O2S/c1-16-13-8(12-15-16)14-19(17,18)7-3-6(11)5(10)2-4(7)9/h2-3H,11H2,1H3,(H,13,14). The minimum absolute atomic E-state index is 0.0376. The second kappa shape index (κ2) is 4.74. The van der Waals surface area contributed by atoms with E-state index >= 15 is 0 Å². The fourth-order valence-corrected chi connectivity index (χ4v) is 3.24. The Labute approximate surface area is 116 Å². The van der Waals surface area contributed by atoms with Crippen LogP contribution in [0, 0.1) is 5.82 Å². The van der Waals surface area contributed by atoms with Gasteiger partial charge in [-0.2, -0.15) is 4.80 Å². The van der Waals surface area contributed by atoms with E-state index in [9.17, 15) is 12.8 Å². The predicted octanol–water partition coefficient (Wildman–Crippen LogP) is 0.495. The Morgan fingerprint density at radius 2 is 2.16 bits per heavy atom. The van der Waals surface area contributed by atoms with Crippen molar-refractivity contribution in [2.24, 2.45) is 7.05 Å². The van der Waals surface area contributed by atoms with E-state index in [0.29, 0.717) is 0 Å². The van der Waals surface area contributed by atoms with E-state index < -0.39 is 15.8 Å². The number of nitrogens with two attached hydrogens (primary N) is 1. The second-order valence-corrected chi connectivity index (χ2v) is 6.02. The van der Waals surface area contributed by atoms with Crippen molar-refractivity contribution in [3.05, 3.63) is 22.4 Å². The molecular formula is C8H8BrFN6O2S. The van der Waals surface area contributed by atoms with Crippen molar-refractivity contribution in [3.8, 4) is 0 Å². The van der Waals surface area contributed by atoms with Crippen LogP contribution in [-0.4, -0.2) is 28.6 Å². The summed E-state index contributed by atoms with van der Waals surface area (Å²) >= 11 is 2.96. The molecule has 1 heterocycles. The van der Waals surface area contributed by atoms with Crippen LogP contribution >= 0.6 is 15.9 Å². The van der Waals surface area contributed by atoms with E-state index in [2.05, 4.69) is 36.1 Å². The normalized spacial score (nSPS) is 11.5. The molecule has 0 unspecified atom stereocenters. The first-order chi connectivity index (χ1) is 8.79. The summed E-state index contributed by atoms with van der Waals surface area (Å²) in [4.78, 5) is 0.866. The maximum absolute atomic E-state index is 13.2. The number of benzene rings is 1. The zero-order valence-electron chi connectivity index (χ0n) is 9.50. The first kappa shape index (κ1) is 13.7. The largest absolute Gasteiger partial charge is 0.396 e. The fourth-order valence-electron chi connectivity index (χ4n) is 1.25. The SMILES string of the molecule is Cn1nnc(NS(=O)(=O)c2cc(N)c(F)cc2Br)n1. The van der Waals surface area contributed by atoms with E-state index in [1.165, 1.54) is 7.05 Å². The maximum Gasteiger partial charge on any atom is 0.277 e. The van der Waals surface area contributed by atoms with Crippen LogP contribution in [0.2, 0.25) is 0 Å². The van der Waals surface area contributed by atoms with Crippen LogP contribution in [0.15, 0.2) is 21.5 Å². The lowest BCUT2D eigenvalue weighted by molar-refractivity contribution is 0.598. The summed E-state index contributed by atoms with van der Waals surface area (Å²) in [6.45, 7) is 0. The highest BCUT2D eigenvalue weighted by Gasteiger charge is 2.21. The van der Waals surface area contributed by atoms with Gasteiger partial charge in [-0.15, -0.1) is 5.10 Å². The van der Waals surface area contributed by atoms with Crippen LogP contribution in [0.5, 0.6) is 0 Å². The topological polar surface area (TPSA) is 116 Å². The van der Waals surface area contributed by atoms with E-state index in [0.717, 1.165) is 16.9 Å². The third kappa shape index (κ3) is 2.81. The van der Waals surface area contributed by atoms with Crippen molar-refractivity contribution in [1.82, 2.24) is 20.2 Å².